The zero-order valence-corrected chi connectivity index (χ0v) is 15.8. The van der Waals surface area contributed by atoms with Crippen LogP contribution in [0.5, 0.6) is 0 Å². The molecule has 140 valence electrons. The lowest BCUT2D eigenvalue weighted by Gasteiger charge is -2.21. The maximum Gasteiger partial charge on any atom is 0.311 e. The number of furan rings is 1. The summed E-state index contributed by atoms with van der Waals surface area (Å²) in [7, 11) is 1.70. The van der Waals surface area contributed by atoms with Gasteiger partial charge in [0, 0.05) is 24.5 Å². The van der Waals surface area contributed by atoms with E-state index in [-0.39, 0.29) is 12.3 Å². The molecule has 0 fully saturated rings. The van der Waals surface area contributed by atoms with Crippen LogP contribution in [-0.4, -0.2) is 29.9 Å². The molecule has 1 heterocycles. The minimum atomic E-state index is -0.841. The molecule has 5 nitrogen and oxygen atoms in total. The number of amides is 1. The number of esters is 1. The van der Waals surface area contributed by atoms with Crippen LogP contribution in [0.1, 0.15) is 23.6 Å². The van der Waals surface area contributed by atoms with Crippen molar-refractivity contribution in [1.29, 1.82) is 0 Å². The highest BCUT2D eigenvalue weighted by Gasteiger charge is 2.22. The Morgan fingerprint density at radius 2 is 1.89 bits per heavy atom. The summed E-state index contributed by atoms with van der Waals surface area (Å²) in [6, 6.07) is 15.5. The van der Waals surface area contributed by atoms with Gasteiger partial charge in [-0.15, -0.1) is 0 Å². The number of hydrogen-bond donors (Lipinski definition) is 0. The lowest BCUT2D eigenvalue weighted by Crippen LogP contribution is -2.37. The van der Waals surface area contributed by atoms with Gasteiger partial charge in [-0.05, 0) is 31.0 Å². The molecule has 0 N–H and O–H groups in total. The van der Waals surface area contributed by atoms with Crippen molar-refractivity contribution in [3.05, 3.63) is 71.5 Å². The average Bonchev–Trinajstić information content (AvgIpc) is 3.03. The molecule has 1 amide bonds. The van der Waals surface area contributed by atoms with Crippen molar-refractivity contribution in [3.63, 3.8) is 0 Å². The van der Waals surface area contributed by atoms with Crippen molar-refractivity contribution < 1.29 is 18.7 Å². The molecule has 5 heteroatoms. The third kappa shape index (κ3) is 4.56. The van der Waals surface area contributed by atoms with Crippen molar-refractivity contribution in [2.75, 3.05) is 7.05 Å². The summed E-state index contributed by atoms with van der Waals surface area (Å²) in [5, 5.41) is 0.887. The number of fused-ring (bicyclic) bond motifs is 1. The Morgan fingerprint density at radius 3 is 2.63 bits per heavy atom. The smallest absolute Gasteiger partial charge is 0.311 e. The van der Waals surface area contributed by atoms with E-state index >= 15 is 0 Å². The second-order valence-electron chi connectivity index (χ2n) is 6.75. The second kappa shape index (κ2) is 8.08. The van der Waals surface area contributed by atoms with Crippen molar-refractivity contribution in [1.82, 2.24) is 4.90 Å². The Morgan fingerprint density at radius 1 is 1.15 bits per heavy atom. The van der Waals surface area contributed by atoms with Crippen molar-refractivity contribution in [2.24, 2.45) is 0 Å². The predicted octanol–water partition coefficient (Wildman–Crippen LogP) is 3.87. The van der Waals surface area contributed by atoms with Crippen molar-refractivity contribution in [3.8, 4) is 0 Å². The SMILES string of the molecule is Cc1ccc2c(CC(=O)O[C@H](C)C(=O)N(C)Cc3ccccc3)coc2c1. The first kappa shape index (κ1) is 18.7. The number of carbonyl (C=O) groups excluding carboxylic acids is 2. The number of benzene rings is 2. The van der Waals surface area contributed by atoms with E-state index in [1.807, 2.05) is 55.5 Å². The van der Waals surface area contributed by atoms with Gasteiger partial charge in [0.15, 0.2) is 6.10 Å². The van der Waals surface area contributed by atoms with Crippen LogP contribution in [-0.2, 0) is 27.3 Å². The van der Waals surface area contributed by atoms with Gasteiger partial charge >= 0.3 is 5.97 Å². The van der Waals surface area contributed by atoms with Gasteiger partial charge in [-0.1, -0.05) is 42.5 Å². The fourth-order valence-electron chi connectivity index (χ4n) is 3.02. The lowest BCUT2D eigenvalue weighted by atomic mass is 10.1. The van der Waals surface area contributed by atoms with Crippen LogP contribution in [0.3, 0.4) is 0 Å². The highest BCUT2D eigenvalue weighted by Crippen LogP contribution is 2.23. The van der Waals surface area contributed by atoms with E-state index in [2.05, 4.69) is 0 Å². The van der Waals surface area contributed by atoms with E-state index < -0.39 is 12.1 Å². The molecule has 0 spiro atoms. The van der Waals surface area contributed by atoms with E-state index in [9.17, 15) is 9.59 Å². The van der Waals surface area contributed by atoms with E-state index in [4.69, 9.17) is 9.15 Å². The van der Waals surface area contributed by atoms with Gasteiger partial charge in [0.05, 0.1) is 12.7 Å². The predicted molar refractivity (Wildman–Crippen MR) is 103 cm³/mol. The monoisotopic (exact) mass is 365 g/mol. The molecule has 0 unspecified atom stereocenters. The molecular formula is C22H23NO4. The van der Waals surface area contributed by atoms with E-state index in [0.717, 1.165) is 27.7 Å². The molecule has 0 saturated carbocycles. The Labute approximate surface area is 158 Å². The van der Waals surface area contributed by atoms with Gasteiger partial charge < -0.3 is 14.1 Å². The van der Waals surface area contributed by atoms with Gasteiger partial charge in [-0.3, -0.25) is 9.59 Å². The molecule has 0 radical (unpaired) electrons. The summed E-state index contributed by atoms with van der Waals surface area (Å²) < 4.78 is 10.8. The topological polar surface area (TPSA) is 59.8 Å². The average molecular weight is 365 g/mol. The zero-order chi connectivity index (χ0) is 19.4. The Bertz CT molecular complexity index is 945. The zero-order valence-electron chi connectivity index (χ0n) is 15.8. The van der Waals surface area contributed by atoms with Crippen LogP contribution in [0.15, 0.2) is 59.2 Å². The molecular weight excluding hydrogens is 342 g/mol. The highest BCUT2D eigenvalue weighted by molar-refractivity contribution is 5.88. The standard InChI is InChI=1S/C22H23NO4/c1-15-9-10-19-18(14-26-20(19)11-15)12-21(24)27-16(2)22(25)23(3)13-17-7-5-4-6-8-17/h4-11,14,16H,12-13H2,1-3H3/t16-/m1/s1. The Hall–Kier alpha value is -3.08. The first-order chi connectivity index (χ1) is 12.9. The third-order valence-corrected chi connectivity index (χ3v) is 4.44. The maximum atomic E-state index is 12.5. The van der Waals surface area contributed by atoms with Gasteiger partial charge in [0.1, 0.15) is 5.58 Å². The van der Waals surface area contributed by atoms with Crippen LogP contribution >= 0.6 is 0 Å². The molecule has 0 aliphatic rings. The van der Waals surface area contributed by atoms with Gasteiger partial charge in [-0.25, -0.2) is 0 Å². The van der Waals surface area contributed by atoms with Gasteiger partial charge in [0.25, 0.3) is 5.91 Å². The van der Waals surface area contributed by atoms with Crippen LogP contribution in [0.25, 0.3) is 11.0 Å². The highest BCUT2D eigenvalue weighted by atomic mass is 16.5. The fraction of sp³-hybridized carbons (Fsp3) is 0.273. The largest absolute Gasteiger partial charge is 0.464 e. The molecule has 0 aliphatic carbocycles. The molecule has 0 saturated heterocycles. The molecule has 1 aromatic heterocycles. The van der Waals surface area contributed by atoms with E-state index in [1.54, 1.807) is 25.1 Å². The molecule has 3 rings (SSSR count). The molecule has 1 atom stereocenters. The summed E-state index contributed by atoms with van der Waals surface area (Å²) in [6.45, 7) is 4.04. The minimum Gasteiger partial charge on any atom is -0.464 e. The van der Waals surface area contributed by atoms with Crippen LogP contribution in [0.2, 0.25) is 0 Å². The molecule has 0 aliphatic heterocycles. The van der Waals surface area contributed by atoms with E-state index in [1.165, 1.54) is 0 Å². The van der Waals surface area contributed by atoms with Crippen molar-refractivity contribution >= 4 is 22.8 Å². The summed E-state index contributed by atoms with van der Waals surface area (Å²) >= 11 is 0. The van der Waals surface area contributed by atoms with Crippen molar-refractivity contribution in [2.45, 2.75) is 32.9 Å². The summed E-state index contributed by atoms with van der Waals surface area (Å²) in [5.74, 6) is -0.688. The number of ether oxygens (including phenoxy) is 1. The first-order valence-corrected chi connectivity index (χ1v) is 8.89. The maximum absolute atomic E-state index is 12.5. The normalized spacial score (nSPS) is 12.0. The number of rotatable bonds is 6. The van der Waals surface area contributed by atoms with Crippen LogP contribution < -0.4 is 0 Å². The quantitative estimate of drug-likeness (QED) is 0.622. The molecule has 2 aromatic carbocycles. The summed E-state index contributed by atoms with van der Waals surface area (Å²) in [4.78, 5) is 26.3. The molecule has 0 bridgehead atoms. The molecule has 3 aromatic rings. The van der Waals surface area contributed by atoms with Crippen LogP contribution in [0, 0.1) is 6.92 Å². The fourth-order valence-corrected chi connectivity index (χ4v) is 3.02. The van der Waals surface area contributed by atoms with Gasteiger partial charge in [-0.2, -0.15) is 0 Å². The number of aryl methyl sites for hydroxylation is 1. The van der Waals surface area contributed by atoms with Gasteiger partial charge in [0.2, 0.25) is 0 Å². The Balaban J connectivity index is 1.58. The van der Waals surface area contributed by atoms with E-state index in [0.29, 0.717) is 6.54 Å². The molecule has 27 heavy (non-hydrogen) atoms. The number of nitrogens with zero attached hydrogens (tertiary/aromatic N) is 1. The number of carbonyl (C=O) groups is 2. The first-order valence-electron chi connectivity index (χ1n) is 8.89. The van der Waals surface area contributed by atoms with Crippen LogP contribution in [0.4, 0.5) is 0 Å². The number of likely N-dealkylation sites (N-methyl/N-ethyl adjacent to an activating group) is 1. The third-order valence-electron chi connectivity index (χ3n) is 4.44. The lowest BCUT2D eigenvalue weighted by molar-refractivity contribution is -0.158. The summed E-state index contributed by atoms with van der Waals surface area (Å²) in [6.07, 6.45) is 0.793. The Kier molecular flexibility index (Phi) is 5.60. The minimum absolute atomic E-state index is 0.0656. The summed E-state index contributed by atoms with van der Waals surface area (Å²) in [5.41, 5.74) is 3.61. The number of hydrogen-bond acceptors (Lipinski definition) is 4. The second-order valence-corrected chi connectivity index (χ2v) is 6.75.